The summed E-state index contributed by atoms with van der Waals surface area (Å²) in [6, 6.07) is 4.01. The average molecular weight is 337 g/mol. The van der Waals surface area contributed by atoms with E-state index in [1.165, 1.54) is 12.8 Å². The Balaban J connectivity index is 1.87. The molecule has 1 saturated heterocycles. The highest BCUT2D eigenvalue weighted by Crippen LogP contribution is 2.18. The number of anilines is 1. The number of unbranched alkanes of at least 4 members (excludes halogenated alkanes) is 1. The van der Waals surface area contributed by atoms with E-state index >= 15 is 0 Å². The highest BCUT2D eigenvalue weighted by atomic mass is 32.2. The molecule has 0 spiro atoms. The number of thioether (sulfide) groups is 1. The van der Waals surface area contributed by atoms with Crippen LogP contribution in [0.4, 0.5) is 5.82 Å². The van der Waals surface area contributed by atoms with Gasteiger partial charge >= 0.3 is 0 Å². The first-order chi connectivity index (χ1) is 11.1. The van der Waals surface area contributed by atoms with Crippen LogP contribution >= 0.6 is 11.8 Å². The summed E-state index contributed by atoms with van der Waals surface area (Å²) in [5, 5.41) is 8.46. The van der Waals surface area contributed by atoms with Crippen LogP contribution in [-0.4, -0.2) is 58.2 Å². The highest BCUT2D eigenvalue weighted by Gasteiger charge is 2.24. The molecule has 1 amide bonds. The van der Waals surface area contributed by atoms with Crippen molar-refractivity contribution in [3.05, 3.63) is 17.8 Å². The molecule has 1 fully saturated rings. The Labute approximate surface area is 143 Å². The molecule has 1 aliphatic heterocycles. The van der Waals surface area contributed by atoms with E-state index in [2.05, 4.69) is 22.0 Å². The van der Waals surface area contributed by atoms with Crippen LogP contribution in [0.3, 0.4) is 0 Å². The van der Waals surface area contributed by atoms with E-state index in [0.29, 0.717) is 0 Å². The van der Waals surface area contributed by atoms with E-state index in [1.807, 2.05) is 30.9 Å². The van der Waals surface area contributed by atoms with E-state index in [9.17, 15) is 4.79 Å². The van der Waals surface area contributed by atoms with Gasteiger partial charge in [-0.3, -0.25) is 4.79 Å². The summed E-state index contributed by atoms with van der Waals surface area (Å²) in [6.45, 7) is 9.54. The molecule has 0 radical (unpaired) electrons. The van der Waals surface area contributed by atoms with Gasteiger partial charge in [0.05, 0.1) is 10.9 Å². The molecule has 1 unspecified atom stereocenters. The van der Waals surface area contributed by atoms with Crippen molar-refractivity contribution in [2.24, 2.45) is 0 Å². The van der Waals surface area contributed by atoms with Gasteiger partial charge in [0.2, 0.25) is 5.91 Å². The fraction of sp³-hybridized carbons (Fsp3) is 0.706. The van der Waals surface area contributed by atoms with Gasteiger partial charge in [-0.05, 0) is 44.6 Å². The molecule has 5 nitrogen and oxygen atoms in total. The molecule has 0 aliphatic carbocycles. The molecule has 1 atom stereocenters. The average Bonchev–Trinajstić information content (AvgIpc) is 2.81. The zero-order chi connectivity index (χ0) is 16.7. The molecule has 2 rings (SSSR count). The number of carbonyl (C=O) groups excluding carboxylic acids is 1. The first-order valence-corrected chi connectivity index (χ1v) is 9.62. The number of nitrogens with zero attached hydrogens (tertiary/aromatic N) is 4. The third kappa shape index (κ3) is 5.37. The van der Waals surface area contributed by atoms with Crippen molar-refractivity contribution < 1.29 is 4.79 Å². The lowest BCUT2D eigenvalue weighted by Gasteiger charge is -2.24. The first-order valence-electron chi connectivity index (χ1n) is 8.57. The molecule has 2 heterocycles. The smallest absolute Gasteiger partial charge is 0.235 e. The van der Waals surface area contributed by atoms with E-state index in [-0.39, 0.29) is 11.2 Å². The zero-order valence-corrected chi connectivity index (χ0v) is 15.3. The molecular weight excluding hydrogens is 308 g/mol. The second-order valence-electron chi connectivity index (χ2n) is 6.07. The summed E-state index contributed by atoms with van der Waals surface area (Å²) < 4.78 is 0. The Bertz CT molecular complexity index is 494. The number of amides is 1. The second kappa shape index (κ2) is 9.11. The van der Waals surface area contributed by atoms with Crippen LogP contribution in [0, 0.1) is 6.92 Å². The molecule has 1 aromatic rings. The predicted octanol–water partition coefficient (Wildman–Crippen LogP) is 2.75. The van der Waals surface area contributed by atoms with Crippen LogP contribution in [0.1, 0.15) is 38.8 Å². The van der Waals surface area contributed by atoms with Crippen LogP contribution in [-0.2, 0) is 4.79 Å². The number of rotatable bonds is 6. The second-order valence-corrected chi connectivity index (χ2v) is 7.51. The molecule has 0 aromatic carbocycles. The van der Waals surface area contributed by atoms with Crippen LogP contribution in [0.2, 0.25) is 0 Å². The largest absolute Gasteiger partial charge is 0.353 e. The Kier molecular flexibility index (Phi) is 7.15. The van der Waals surface area contributed by atoms with E-state index in [1.54, 1.807) is 11.8 Å². The van der Waals surface area contributed by atoms with Crippen molar-refractivity contribution in [1.29, 1.82) is 0 Å². The summed E-state index contributed by atoms with van der Waals surface area (Å²) >= 11 is 1.78. The van der Waals surface area contributed by atoms with Gasteiger partial charge in [-0.2, -0.15) is 5.10 Å². The maximum absolute atomic E-state index is 12.6. The van der Waals surface area contributed by atoms with Gasteiger partial charge in [-0.15, -0.1) is 16.9 Å². The lowest BCUT2D eigenvalue weighted by molar-refractivity contribution is -0.130. The van der Waals surface area contributed by atoms with Crippen molar-refractivity contribution >= 4 is 23.5 Å². The van der Waals surface area contributed by atoms with E-state index < -0.39 is 0 Å². The fourth-order valence-corrected chi connectivity index (χ4v) is 3.76. The molecule has 1 aromatic heterocycles. The van der Waals surface area contributed by atoms with Crippen LogP contribution in [0.5, 0.6) is 0 Å². The standard InChI is InChI=1S/C17H28N4OS/c1-4-5-13-23-15(3)17(22)21-10-6-9-20(11-12-21)16-8-7-14(2)18-19-16/h7-8,15H,4-6,9-13H2,1-3H3. The summed E-state index contributed by atoms with van der Waals surface area (Å²) in [4.78, 5) is 16.8. The van der Waals surface area contributed by atoms with E-state index in [4.69, 9.17) is 0 Å². The third-order valence-corrected chi connectivity index (χ3v) is 5.35. The Morgan fingerprint density at radius 1 is 1.26 bits per heavy atom. The number of hydrogen-bond donors (Lipinski definition) is 0. The van der Waals surface area contributed by atoms with Gasteiger partial charge in [-0.1, -0.05) is 13.3 Å². The van der Waals surface area contributed by atoms with Gasteiger partial charge in [-0.25, -0.2) is 0 Å². The van der Waals surface area contributed by atoms with Gasteiger partial charge in [0.1, 0.15) is 0 Å². The predicted molar refractivity (Wildman–Crippen MR) is 97.0 cm³/mol. The lowest BCUT2D eigenvalue weighted by atomic mass is 10.3. The maximum atomic E-state index is 12.6. The van der Waals surface area contributed by atoms with Gasteiger partial charge in [0, 0.05) is 26.2 Å². The molecule has 0 bridgehead atoms. The van der Waals surface area contributed by atoms with Crippen LogP contribution < -0.4 is 4.90 Å². The van der Waals surface area contributed by atoms with Crippen molar-refractivity contribution in [1.82, 2.24) is 15.1 Å². The Morgan fingerprint density at radius 2 is 2.09 bits per heavy atom. The molecular formula is C17H28N4OS. The van der Waals surface area contributed by atoms with E-state index in [0.717, 1.165) is 49.9 Å². The minimum atomic E-state index is 0.0623. The summed E-state index contributed by atoms with van der Waals surface area (Å²) in [7, 11) is 0. The van der Waals surface area contributed by atoms with Crippen LogP contribution in [0.15, 0.2) is 12.1 Å². The third-order valence-electron chi connectivity index (χ3n) is 4.13. The highest BCUT2D eigenvalue weighted by molar-refractivity contribution is 8.00. The van der Waals surface area contributed by atoms with Crippen molar-refractivity contribution in [2.45, 2.75) is 45.3 Å². The SMILES string of the molecule is CCCCSC(C)C(=O)N1CCCN(c2ccc(C)nn2)CC1. The lowest BCUT2D eigenvalue weighted by Crippen LogP contribution is -2.39. The Morgan fingerprint density at radius 3 is 2.78 bits per heavy atom. The Hall–Kier alpha value is -1.30. The van der Waals surface area contributed by atoms with Gasteiger partial charge in [0.25, 0.3) is 0 Å². The van der Waals surface area contributed by atoms with Crippen molar-refractivity contribution in [3.63, 3.8) is 0 Å². The number of carbonyl (C=O) groups is 1. The molecule has 0 N–H and O–H groups in total. The minimum absolute atomic E-state index is 0.0623. The van der Waals surface area contributed by atoms with Crippen LogP contribution in [0.25, 0.3) is 0 Å². The molecule has 1 aliphatic rings. The van der Waals surface area contributed by atoms with Crippen molar-refractivity contribution in [3.8, 4) is 0 Å². The van der Waals surface area contributed by atoms with Gasteiger partial charge < -0.3 is 9.80 Å². The fourth-order valence-electron chi connectivity index (χ4n) is 2.66. The van der Waals surface area contributed by atoms with Gasteiger partial charge in [0.15, 0.2) is 5.82 Å². The molecule has 0 saturated carbocycles. The summed E-state index contributed by atoms with van der Waals surface area (Å²) in [5.41, 5.74) is 0.929. The molecule has 23 heavy (non-hydrogen) atoms. The number of aryl methyl sites for hydroxylation is 1. The minimum Gasteiger partial charge on any atom is -0.353 e. The number of hydrogen-bond acceptors (Lipinski definition) is 5. The summed E-state index contributed by atoms with van der Waals surface area (Å²) in [5.74, 6) is 2.26. The number of aromatic nitrogens is 2. The molecule has 6 heteroatoms. The first kappa shape index (κ1) is 18.0. The summed E-state index contributed by atoms with van der Waals surface area (Å²) in [6.07, 6.45) is 3.35. The zero-order valence-electron chi connectivity index (χ0n) is 14.5. The normalized spacial score (nSPS) is 17.0. The maximum Gasteiger partial charge on any atom is 0.235 e. The topological polar surface area (TPSA) is 49.3 Å². The quantitative estimate of drug-likeness (QED) is 0.748. The van der Waals surface area contributed by atoms with Crippen molar-refractivity contribution in [2.75, 3.05) is 36.8 Å². The molecule has 128 valence electrons. The monoisotopic (exact) mass is 336 g/mol.